The molecule has 35 heavy (non-hydrogen) atoms. The van der Waals surface area contributed by atoms with Gasteiger partial charge in [-0.3, -0.25) is 4.79 Å². The number of ether oxygens (including phenoxy) is 1. The Balaban J connectivity index is 1.88. The third-order valence-corrected chi connectivity index (χ3v) is 6.15. The van der Waals surface area contributed by atoms with E-state index in [-0.39, 0.29) is 23.1 Å². The van der Waals surface area contributed by atoms with Crippen LogP contribution in [0.15, 0.2) is 40.9 Å². The number of rotatable bonds is 3. The summed E-state index contributed by atoms with van der Waals surface area (Å²) < 4.78 is 59.6. The number of hydrogen-bond donors (Lipinski definition) is 1. The maximum Gasteiger partial charge on any atom is 0.416 e. The van der Waals surface area contributed by atoms with Gasteiger partial charge in [0.25, 0.3) is 5.91 Å². The number of carbonyl (C=O) groups excluding carboxylic acids is 2. The zero-order valence-corrected chi connectivity index (χ0v) is 21.4. The molecule has 2 aromatic carbocycles. The van der Waals surface area contributed by atoms with Crippen molar-refractivity contribution in [3.8, 4) is 0 Å². The van der Waals surface area contributed by atoms with Crippen LogP contribution in [-0.4, -0.2) is 41.6 Å². The predicted octanol–water partition coefficient (Wildman–Crippen LogP) is 6.44. The quantitative estimate of drug-likeness (QED) is 0.441. The number of alkyl halides is 3. The fourth-order valence-electron chi connectivity index (χ4n) is 3.93. The predicted molar refractivity (Wildman–Crippen MR) is 127 cm³/mol. The zero-order chi connectivity index (χ0) is 26.1. The van der Waals surface area contributed by atoms with Gasteiger partial charge in [0.15, 0.2) is 0 Å². The minimum atomic E-state index is -4.61. The molecule has 2 amide bonds. The average Bonchev–Trinajstić information content (AvgIpc) is 2.73. The number of nitrogens with zero attached hydrogens (tertiary/aromatic N) is 1. The Morgan fingerprint density at radius 3 is 2.40 bits per heavy atom. The summed E-state index contributed by atoms with van der Waals surface area (Å²) in [6.45, 7) is 7.27. The lowest BCUT2D eigenvalue weighted by molar-refractivity contribution is -0.137. The molecule has 0 aliphatic carbocycles. The average molecular weight is 559 g/mol. The Bertz CT molecular complexity index is 1110. The van der Waals surface area contributed by atoms with E-state index in [9.17, 15) is 27.2 Å². The molecular formula is C25H27BrF4N2O3. The van der Waals surface area contributed by atoms with Crippen LogP contribution in [-0.2, 0) is 10.9 Å². The number of likely N-dealkylation sites (tertiary alicyclic amines) is 1. The molecule has 190 valence electrons. The highest BCUT2D eigenvalue weighted by atomic mass is 79.9. The fourth-order valence-corrected chi connectivity index (χ4v) is 4.42. The Morgan fingerprint density at radius 1 is 1.11 bits per heavy atom. The molecule has 2 atom stereocenters. The summed E-state index contributed by atoms with van der Waals surface area (Å²) in [5.74, 6) is -1.61. The van der Waals surface area contributed by atoms with Crippen molar-refractivity contribution < 1.29 is 31.9 Å². The minimum absolute atomic E-state index is 0.120. The molecule has 1 N–H and O–H groups in total. The third-order valence-electron chi connectivity index (χ3n) is 5.69. The second-order valence-corrected chi connectivity index (χ2v) is 10.6. The zero-order valence-electron chi connectivity index (χ0n) is 19.8. The molecule has 3 rings (SSSR count). The third kappa shape index (κ3) is 6.96. The minimum Gasteiger partial charge on any atom is -0.444 e. The first-order valence-electron chi connectivity index (χ1n) is 11.1. The van der Waals surface area contributed by atoms with Crippen LogP contribution in [0.3, 0.4) is 0 Å². The molecule has 2 unspecified atom stereocenters. The lowest BCUT2D eigenvalue weighted by Gasteiger charge is -2.39. The topological polar surface area (TPSA) is 58.6 Å². The number of benzene rings is 2. The lowest BCUT2D eigenvalue weighted by atomic mass is 9.85. The summed E-state index contributed by atoms with van der Waals surface area (Å²) in [6, 6.07) is 7.14. The van der Waals surface area contributed by atoms with E-state index < -0.39 is 47.1 Å². The van der Waals surface area contributed by atoms with Crippen molar-refractivity contribution in [2.45, 2.75) is 57.9 Å². The number of piperidine rings is 1. The monoisotopic (exact) mass is 558 g/mol. The van der Waals surface area contributed by atoms with Gasteiger partial charge in [-0.25, -0.2) is 9.18 Å². The second-order valence-electron chi connectivity index (χ2n) is 9.64. The molecule has 0 spiro atoms. The van der Waals surface area contributed by atoms with Gasteiger partial charge in [0.2, 0.25) is 0 Å². The van der Waals surface area contributed by atoms with Crippen molar-refractivity contribution in [2.75, 3.05) is 13.1 Å². The van der Waals surface area contributed by atoms with Gasteiger partial charge in [0.1, 0.15) is 11.4 Å². The number of hydrogen-bond acceptors (Lipinski definition) is 3. The van der Waals surface area contributed by atoms with Crippen molar-refractivity contribution in [1.29, 1.82) is 0 Å². The molecule has 1 aliphatic rings. The van der Waals surface area contributed by atoms with Crippen molar-refractivity contribution in [1.82, 2.24) is 10.2 Å². The molecule has 1 fully saturated rings. The van der Waals surface area contributed by atoms with E-state index in [1.165, 1.54) is 17.0 Å². The fraction of sp³-hybridized carbons (Fsp3) is 0.440. The molecule has 1 heterocycles. The van der Waals surface area contributed by atoms with Gasteiger partial charge < -0.3 is 15.0 Å². The largest absolute Gasteiger partial charge is 0.444 e. The maximum absolute atomic E-state index is 14.4. The van der Waals surface area contributed by atoms with Crippen LogP contribution >= 0.6 is 15.9 Å². The summed E-state index contributed by atoms with van der Waals surface area (Å²) in [4.78, 5) is 27.1. The normalized spacial score (nSPS) is 18.8. The first kappa shape index (κ1) is 27.0. The number of carbonyl (C=O) groups is 2. The maximum atomic E-state index is 14.4. The van der Waals surface area contributed by atoms with Gasteiger partial charge in [-0.05, 0) is 69.5 Å². The van der Waals surface area contributed by atoms with Gasteiger partial charge in [-0.2, -0.15) is 13.2 Å². The van der Waals surface area contributed by atoms with Crippen LogP contribution in [0.25, 0.3) is 0 Å². The molecule has 2 aromatic rings. The van der Waals surface area contributed by atoms with Crippen molar-refractivity contribution in [3.63, 3.8) is 0 Å². The van der Waals surface area contributed by atoms with Crippen LogP contribution in [0.4, 0.5) is 22.4 Å². The van der Waals surface area contributed by atoms with E-state index in [1.807, 2.05) is 0 Å². The summed E-state index contributed by atoms with van der Waals surface area (Å²) >= 11 is 3.03. The molecular weight excluding hydrogens is 532 g/mol. The molecule has 0 bridgehead atoms. The summed E-state index contributed by atoms with van der Waals surface area (Å²) in [7, 11) is 0. The molecule has 5 nitrogen and oxygen atoms in total. The first-order chi connectivity index (χ1) is 16.1. The van der Waals surface area contributed by atoms with Crippen molar-refractivity contribution in [3.05, 3.63) is 68.9 Å². The number of aryl methyl sites for hydroxylation is 1. The lowest BCUT2D eigenvalue weighted by Crippen LogP contribution is -2.52. The van der Waals surface area contributed by atoms with Gasteiger partial charge in [0.05, 0.1) is 5.56 Å². The Morgan fingerprint density at radius 2 is 1.80 bits per heavy atom. The highest BCUT2D eigenvalue weighted by Crippen LogP contribution is 2.33. The molecule has 0 saturated carbocycles. The van der Waals surface area contributed by atoms with Crippen LogP contribution in [0.2, 0.25) is 0 Å². The summed E-state index contributed by atoms with van der Waals surface area (Å²) in [6.07, 6.45) is -4.83. The molecule has 0 radical (unpaired) electrons. The van der Waals surface area contributed by atoms with Gasteiger partial charge in [0, 0.05) is 35.1 Å². The van der Waals surface area contributed by atoms with E-state index in [0.717, 1.165) is 12.1 Å². The van der Waals surface area contributed by atoms with Crippen LogP contribution in [0, 0.1) is 12.7 Å². The van der Waals surface area contributed by atoms with E-state index in [0.29, 0.717) is 17.5 Å². The highest BCUT2D eigenvalue weighted by molar-refractivity contribution is 9.10. The van der Waals surface area contributed by atoms with Crippen LogP contribution in [0.1, 0.15) is 60.2 Å². The number of nitrogens with one attached hydrogen (secondary N) is 1. The summed E-state index contributed by atoms with van der Waals surface area (Å²) in [5.41, 5.74) is -0.798. The first-order valence-corrected chi connectivity index (χ1v) is 11.9. The number of amides is 2. The summed E-state index contributed by atoms with van der Waals surface area (Å²) in [5, 5.41) is 2.80. The van der Waals surface area contributed by atoms with Crippen molar-refractivity contribution >= 4 is 27.9 Å². The van der Waals surface area contributed by atoms with E-state index in [1.54, 1.807) is 39.8 Å². The van der Waals surface area contributed by atoms with Gasteiger partial charge in [-0.15, -0.1) is 0 Å². The Hall–Kier alpha value is -2.62. The Labute approximate surface area is 210 Å². The van der Waals surface area contributed by atoms with E-state index in [4.69, 9.17) is 4.74 Å². The number of halogens is 5. The smallest absolute Gasteiger partial charge is 0.416 e. The van der Waals surface area contributed by atoms with E-state index >= 15 is 0 Å². The molecule has 10 heteroatoms. The highest BCUT2D eigenvalue weighted by Gasteiger charge is 2.36. The molecule has 0 aromatic heterocycles. The molecule has 1 saturated heterocycles. The SMILES string of the molecule is Cc1ccc(C2CN(C(=O)OC(C)(C)C)CCC2NC(=O)c2cc(Br)cc(C(F)(F)F)c2)cc1F. The molecule has 1 aliphatic heterocycles. The van der Waals surface area contributed by atoms with Gasteiger partial charge >= 0.3 is 12.3 Å². The van der Waals surface area contributed by atoms with Crippen LogP contribution in [0.5, 0.6) is 0 Å². The second kappa shape index (κ2) is 10.2. The van der Waals surface area contributed by atoms with Crippen LogP contribution < -0.4 is 5.32 Å². The van der Waals surface area contributed by atoms with Crippen molar-refractivity contribution in [2.24, 2.45) is 0 Å². The van der Waals surface area contributed by atoms with E-state index in [2.05, 4.69) is 21.2 Å². The van der Waals surface area contributed by atoms with Gasteiger partial charge in [-0.1, -0.05) is 28.1 Å². The Kier molecular flexibility index (Phi) is 7.83. The standard InChI is InChI=1S/C25H27BrF4N2O3/c1-14-5-6-15(11-20(14)27)19-13-32(23(34)35-24(2,3)4)8-7-21(19)31-22(33)16-9-17(25(28,29)30)12-18(26)10-16/h5-6,9-12,19,21H,7-8,13H2,1-4H3,(H,31,33).